The van der Waals surface area contributed by atoms with E-state index in [0.717, 1.165) is 31.1 Å². The van der Waals surface area contributed by atoms with Crippen LogP contribution in [-0.4, -0.2) is 48.3 Å². The maximum absolute atomic E-state index is 9.32. The minimum Gasteiger partial charge on any atom is -0.395 e. The van der Waals surface area contributed by atoms with Crippen LogP contribution in [-0.2, 0) is 0 Å². The minimum atomic E-state index is 0.316. The first-order chi connectivity index (χ1) is 9.35. The number of hydrogen-bond donors (Lipinski definition) is 2. The molecule has 0 spiro atoms. The van der Waals surface area contributed by atoms with Gasteiger partial charge in [0.2, 0.25) is 0 Å². The monoisotopic (exact) mass is 268 g/mol. The molecule has 2 unspecified atom stereocenters. The van der Waals surface area contributed by atoms with Crippen molar-refractivity contribution in [2.24, 2.45) is 5.92 Å². The maximum Gasteiger partial charge on any atom is 0.0558 e. The molecule has 2 rings (SSSR count). The molecular formula is C16H32N2O. The molecule has 0 aromatic carbocycles. The zero-order chi connectivity index (χ0) is 13.5. The van der Waals surface area contributed by atoms with Gasteiger partial charge in [-0.2, -0.15) is 0 Å². The summed E-state index contributed by atoms with van der Waals surface area (Å²) in [7, 11) is 0. The van der Waals surface area contributed by atoms with E-state index in [2.05, 4.69) is 17.1 Å². The quantitative estimate of drug-likeness (QED) is 0.709. The molecule has 0 aromatic heterocycles. The number of rotatable bonds is 8. The van der Waals surface area contributed by atoms with Gasteiger partial charge in [-0.25, -0.2) is 0 Å². The van der Waals surface area contributed by atoms with Gasteiger partial charge in [0.05, 0.1) is 6.61 Å². The summed E-state index contributed by atoms with van der Waals surface area (Å²) in [5.74, 6) is 0.804. The van der Waals surface area contributed by atoms with Crippen molar-refractivity contribution < 1.29 is 5.11 Å². The Hall–Kier alpha value is -0.120. The fourth-order valence-electron chi connectivity index (χ4n) is 3.98. The second-order valence-electron chi connectivity index (χ2n) is 6.41. The number of aliphatic hydroxyl groups excluding tert-OH is 1. The standard InChI is InChI=1S/C16H32N2O/c1-2-10-17-16-9-5-6-14(16)13-18(11-12-19)15-7-3-4-8-15/h14-17,19H,2-13H2,1H3. The van der Waals surface area contributed by atoms with Gasteiger partial charge in [0, 0.05) is 25.2 Å². The van der Waals surface area contributed by atoms with Crippen LogP contribution in [0.15, 0.2) is 0 Å². The molecule has 2 atom stereocenters. The minimum absolute atomic E-state index is 0.316. The SMILES string of the molecule is CCCNC1CCCC1CN(CCO)C1CCCC1. The average molecular weight is 268 g/mol. The Kier molecular flexibility index (Phi) is 6.62. The summed E-state index contributed by atoms with van der Waals surface area (Å²) >= 11 is 0. The predicted molar refractivity (Wildman–Crippen MR) is 80.3 cm³/mol. The zero-order valence-electron chi connectivity index (χ0n) is 12.6. The first kappa shape index (κ1) is 15.3. The molecule has 0 aromatic rings. The van der Waals surface area contributed by atoms with Crippen molar-refractivity contribution in [3.63, 3.8) is 0 Å². The first-order valence-corrected chi connectivity index (χ1v) is 8.43. The largest absolute Gasteiger partial charge is 0.395 e. The summed E-state index contributed by atoms with van der Waals surface area (Å²) in [5, 5.41) is 13.1. The Balaban J connectivity index is 1.84. The third-order valence-corrected chi connectivity index (χ3v) is 5.01. The van der Waals surface area contributed by atoms with Gasteiger partial charge < -0.3 is 10.4 Å². The van der Waals surface area contributed by atoms with Gasteiger partial charge in [0.25, 0.3) is 0 Å². The Morgan fingerprint density at radius 3 is 2.58 bits per heavy atom. The second kappa shape index (κ2) is 8.23. The molecule has 0 radical (unpaired) electrons. The molecule has 2 aliphatic carbocycles. The smallest absolute Gasteiger partial charge is 0.0558 e. The van der Waals surface area contributed by atoms with Crippen molar-refractivity contribution >= 4 is 0 Å². The number of hydrogen-bond acceptors (Lipinski definition) is 3. The molecule has 2 saturated carbocycles. The van der Waals surface area contributed by atoms with E-state index < -0.39 is 0 Å². The molecule has 0 saturated heterocycles. The first-order valence-electron chi connectivity index (χ1n) is 8.43. The highest BCUT2D eigenvalue weighted by atomic mass is 16.3. The van der Waals surface area contributed by atoms with Crippen LogP contribution < -0.4 is 5.32 Å². The molecule has 3 nitrogen and oxygen atoms in total. The number of nitrogens with zero attached hydrogens (tertiary/aromatic N) is 1. The Bertz CT molecular complexity index is 241. The molecule has 2 N–H and O–H groups in total. The van der Waals surface area contributed by atoms with E-state index in [9.17, 15) is 5.11 Å². The van der Waals surface area contributed by atoms with Crippen LogP contribution in [0.25, 0.3) is 0 Å². The van der Waals surface area contributed by atoms with Crippen molar-refractivity contribution in [2.75, 3.05) is 26.2 Å². The molecule has 0 bridgehead atoms. The summed E-state index contributed by atoms with van der Waals surface area (Å²) in [6.45, 7) is 5.79. The predicted octanol–water partition coefficient (Wildman–Crippen LogP) is 2.39. The lowest BCUT2D eigenvalue weighted by Gasteiger charge is -2.33. The molecular weight excluding hydrogens is 236 g/mol. The Labute approximate surface area is 118 Å². The van der Waals surface area contributed by atoms with E-state index in [0.29, 0.717) is 6.61 Å². The molecule has 112 valence electrons. The van der Waals surface area contributed by atoms with Crippen LogP contribution in [0.3, 0.4) is 0 Å². The lowest BCUT2D eigenvalue weighted by molar-refractivity contribution is 0.125. The van der Waals surface area contributed by atoms with Gasteiger partial charge in [-0.15, -0.1) is 0 Å². The Morgan fingerprint density at radius 2 is 1.89 bits per heavy atom. The fraction of sp³-hybridized carbons (Fsp3) is 1.00. The lowest BCUT2D eigenvalue weighted by atomic mass is 10.0. The second-order valence-corrected chi connectivity index (χ2v) is 6.41. The summed E-state index contributed by atoms with van der Waals surface area (Å²) in [5.41, 5.74) is 0. The van der Waals surface area contributed by atoms with Gasteiger partial charge in [-0.05, 0) is 44.6 Å². The number of nitrogens with one attached hydrogen (secondary N) is 1. The van der Waals surface area contributed by atoms with Crippen LogP contribution in [0.1, 0.15) is 58.3 Å². The highest BCUT2D eigenvalue weighted by molar-refractivity contribution is 4.87. The normalized spacial score (nSPS) is 28.6. The van der Waals surface area contributed by atoms with Gasteiger partial charge in [-0.1, -0.05) is 26.2 Å². The third kappa shape index (κ3) is 4.44. The van der Waals surface area contributed by atoms with Crippen molar-refractivity contribution in [3.05, 3.63) is 0 Å². The molecule has 19 heavy (non-hydrogen) atoms. The van der Waals surface area contributed by atoms with Crippen LogP contribution in [0, 0.1) is 5.92 Å². The van der Waals surface area contributed by atoms with Gasteiger partial charge in [0.15, 0.2) is 0 Å². The summed E-state index contributed by atoms with van der Waals surface area (Å²) in [6.07, 6.45) is 10.8. The van der Waals surface area contributed by atoms with Gasteiger partial charge in [-0.3, -0.25) is 4.90 Å². The summed E-state index contributed by atoms with van der Waals surface area (Å²) in [4.78, 5) is 2.59. The van der Waals surface area contributed by atoms with E-state index in [1.807, 2.05) is 0 Å². The fourth-order valence-corrected chi connectivity index (χ4v) is 3.98. The van der Waals surface area contributed by atoms with Crippen LogP contribution in [0.5, 0.6) is 0 Å². The third-order valence-electron chi connectivity index (χ3n) is 5.01. The van der Waals surface area contributed by atoms with E-state index in [1.54, 1.807) is 0 Å². The van der Waals surface area contributed by atoms with E-state index >= 15 is 0 Å². The van der Waals surface area contributed by atoms with Gasteiger partial charge >= 0.3 is 0 Å². The van der Waals surface area contributed by atoms with E-state index in [-0.39, 0.29) is 0 Å². The highest BCUT2D eigenvalue weighted by Gasteiger charge is 2.31. The molecule has 2 fully saturated rings. The maximum atomic E-state index is 9.32. The highest BCUT2D eigenvalue weighted by Crippen LogP contribution is 2.30. The van der Waals surface area contributed by atoms with Crippen LogP contribution >= 0.6 is 0 Å². The van der Waals surface area contributed by atoms with Crippen LogP contribution in [0.2, 0.25) is 0 Å². The van der Waals surface area contributed by atoms with Crippen molar-refractivity contribution in [1.82, 2.24) is 10.2 Å². The molecule has 2 aliphatic rings. The summed E-state index contributed by atoms with van der Waals surface area (Å²) in [6, 6.07) is 1.47. The molecule has 0 amide bonds. The topological polar surface area (TPSA) is 35.5 Å². The lowest BCUT2D eigenvalue weighted by Crippen LogP contribution is -2.44. The zero-order valence-corrected chi connectivity index (χ0v) is 12.6. The molecule has 0 aliphatic heterocycles. The van der Waals surface area contributed by atoms with Crippen molar-refractivity contribution in [2.45, 2.75) is 70.4 Å². The van der Waals surface area contributed by atoms with E-state index in [4.69, 9.17) is 0 Å². The van der Waals surface area contributed by atoms with Crippen LogP contribution in [0.4, 0.5) is 0 Å². The van der Waals surface area contributed by atoms with E-state index in [1.165, 1.54) is 57.9 Å². The Morgan fingerprint density at radius 1 is 1.11 bits per heavy atom. The molecule has 0 heterocycles. The average Bonchev–Trinajstić information content (AvgIpc) is 3.07. The van der Waals surface area contributed by atoms with Gasteiger partial charge in [0.1, 0.15) is 0 Å². The van der Waals surface area contributed by atoms with Crippen molar-refractivity contribution in [1.29, 1.82) is 0 Å². The van der Waals surface area contributed by atoms with Crippen molar-refractivity contribution in [3.8, 4) is 0 Å². The number of aliphatic hydroxyl groups is 1. The summed E-state index contributed by atoms with van der Waals surface area (Å²) < 4.78 is 0. The molecule has 3 heteroatoms.